The minimum atomic E-state index is -0.707. The molecule has 27 heavy (non-hydrogen) atoms. The van der Waals surface area contributed by atoms with Crippen LogP contribution in [0.25, 0.3) is 0 Å². The van der Waals surface area contributed by atoms with Crippen LogP contribution in [-0.4, -0.2) is 27.2 Å². The molecular weight excluding hydrogens is 344 g/mol. The van der Waals surface area contributed by atoms with Crippen molar-refractivity contribution in [3.05, 3.63) is 59.7 Å². The highest BCUT2D eigenvalue weighted by atomic mass is 16.7. The summed E-state index contributed by atoms with van der Waals surface area (Å²) in [4.78, 5) is 11.3. The molecule has 5 heteroatoms. The Kier molecular flexibility index (Phi) is 6.35. The first-order valence-electron chi connectivity index (χ1n) is 9.26. The molecule has 0 aromatic heterocycles. The highest BCUT2D eigenvalue weighted by Crippen LogP contribution is 2.45. The molecule has 0 heterocycles. The summed E-state index contributed by atoms with van der Waals surface area (Å²) < 4.78 is 20.1. The number of methoxy groups -OCH3 is 2. The lowest BCUT2D eigenvalue weighted by molar-refractivity contribution is 0.0511. The van der Waals surface area contributed by atoms with Gasteiger partial charge in [0.25, 0.3) is 0 Å². The van der Waals surface area contributed by atoms with Gasteiger partial charge in [-0.1, -0.05) is 43.5 Å². The van der Waals surface area contributed by atoms with Crippen molar-refractivity contribution >= 4 is 6.16 Å². The Balaban J connectivity index is 1.87. The maximum atomic E-state index is 11.3. The second kappa shape index (κ2) is 8.91. The molecule has 1 aliphatic carbocycles. The minimum absolute atomic E-state index is 0.0260. The lowest BCUT2D eigenvalue weighted by Gasteiger charge is -2.38. The van der Waals surface area contributed by atoms with Crippen molar-refractivity contribution in [2.24, 2.45) is 0 Å². The first-order valence-corrected chi connectivity index (χ1v) is 9.26. The van der Waals surface area contributed by atoms with E-state index in [0.717, 1.165) is 18.6 Å². The van der Waals surface area contributed by atoms with E-state index in [2.05, 4.69) is 29.0 Å². The zero-order chi connectivity index (χ0) is 19.1. The molecule has 0 spiro atoms. The Hall–Kier alpha value is -2.53. The van der Waals surface area contributed by atoms with Crippen LogP contribution in [0.3, 0.4) is 0 Å². The Bertz CT molecular complexity index is 730. The van der Waals surface area contributed by atoms with Gasteiger partial charge in [-0.2, -0.15) is 0 Å². The van der Waals surface area contributed by atoms with Crippen LogP contribution in [0.5, 0.6) is 11.5 Å². The summed E-state index contributed by atoms with van der Waals surface area (Å²) in [6.45, 7) is 0.242. The predicted molar refractivity (Wildman–Crippen MR) is 102 cm³/mol. The van der Waals surface area contributed by atoms with Crippen LogP contribution in [0.2, 0.25) is 0 Å². The third-order valence-corrected chi connectivity index (χ3v) is 5.23. The Labute approximate surface area is 160 Å². The van der Waals surface area contributed by atoms with Crippen molar-refractivity contribution in [3.8, 4) is 11.5 Å². The zero-order valence-electron chi connectivity index (χ0n) is 15.9. The lowest BCUT2D eigenvalue weighted by atomic mass is 9.65. The first kappa shape index (κ1) is 19.2. The molecule has 2 aromatic carbocycles. The van der Waals surface area contributed by atoms with Crippen molar-refractivity contribution in [1.29, 1.82) is 0 Å². The van der Waals surface area contributed by atoms with Crippen molar-refractivity contribution < 1.29 is 23.7 Å². The fraction of sp³-hybridized carbons (Fsp3) is 0.409. The van der Waals surface area contributed by atoms with Crippen molar-refractivity contribution in [3.63, 3.8) is 0 Å². The lowest BCUT2D eigenvalue weighted by Crippen LogP contribution is -2.30. The predicted octanol–water partition coefficient (Wildman–Crippen LogP) is 5.06. The Morgan fingerprint density at radius 2 is 1.41 bits per heavy atom. The molecule has 0 unspecified atom stereocenters. The third kappa shape index (κ3) is 4.42. The van der Waals surface area contributed by atoms with Crippen LogP contribution in [-0.2, 0) is 14.9 Å². The first-order chi connectivity index (χ1) is 13.2. The van der Waals surface area contributed by atoms with Crippen LogP contribution in [0.4, 0.5) is 4.79 Å². The van der Waals surface area contributed by atoms with E-state index in [1.165, 1.54) is 37.5 Å². The van der Waals surface area contributed by atoms with Gasteiger partial charge in [-0.3, -0.25) is 0 Å². The van der Waals surface area contributed by atoms with E-state index < -0.39 is 6.16 Å². The number of ether oxygens (including phenoxy) is 4. The zero-order valence-corrected chi connectivity index (χ0v) is 15.9. The van der Waals surface area contributed by atoms with Crippen molar-refractivity contribution in [2.75, 3.05) is 21.0 Å². The van der Waals surface area contributed by atoms with Gasteiger partial charge >= 0.3 is 6.16 Å². The second-order valence-electron chi connectivity index (χ2n) is 6.80. The summed E-state index contributed by atoms with van der Waals surface area (Å²) in [6.07, 6.45) is 5.15. The van der Waals surface area contributed by atoms with E-state index in [1.54, 1.807) is 7.11 Å². The molecular formula is C22H26O5. The maximum Gasteiger partial charge on any atom is 0.513 e. The smallest absolute Gasteiger partial charge is 0.468 e. The van der Waals surface area contributed by atoms with Gasteiger partial charge in [0, 0.05) is 12.5 Å². The van der Waals surface area contributed by atoms with Crippen LogP contribution in [0, 0.1) is 0 Å². The van der Waals surface area contributed by atoms with Crippen LogP contribution >= 0.6 is 0 Å². The molecule has 3 rings (SSSR count). The van der Waals surface area contributed by atoms with Gasteiger partial charge in [-0.25, -0.2) is 4.79 Å². The summed E-state index contributed by atoms with van der Waals surface area (Å²) >= 11 is 0. The molecule has 0 radical (unpaired) electrons. The van der Waals surface area contributed by atoms with Gasteiger partial charge in [0.1, 0.15) is 11.5 Å². The average molecular weight is 370 g/mol. The van der Waals surface area contributed by atoms with Crippen LogP contribution < -0.4 is 9.47 Å². The molecule has 0 atom stereocenters. The van der Waals surface area contributed by atoms with E-state index in [4.69, 9.17) is 14.2 Å². The summed E-state index contributed by atoms with van der Waals surface area (Å²) in [7, 11) is 2.91. The molecule has 144 valence electrons. The fourth-order valence-electron chi connectivity index (χ4n) is 3.88. The Morgan fingerprint density at radius 1 is 0.852 bits per heavy atom. The van der Waals surface area contributed by atoms with E-state index in [9.17, 15) is 4.79 Å². The summed E-state index contributed by atoms with van der Waals surface area (Å²) in [5, 5.41) is 0. The largest absolute Gasteiger partial charge is 0.513 e. The van der Waals surface area contributed by atoms with Crippen LogP contribution in [0.1, 0.15) is 43.2 Å². The fourth-order valence-corrected chi connectivity index (χ4v) is 3.88. The van der Waals surface area contributed by atoms with Gasteiger partial charge in [-0.05, 0) is 48.2 Å². The molecule has 2 aromatic rings. The summed E-state index contributed by atoms with van der Waals surface area (Å²) in [6, 6.07) is 16.1. The quantitative estimate of drug-likeness (QED) is 0.404. The Morgan fingerprint density at radius 3 is 1.93 bits per heavy atom. The van der Waals surface area contributed by atoms with Gasteiger partial charge < -0.3 is 18.9 Å². The van der Waals surface area contributed by atoms with E-state index in [0.29, 0.717) is 5.75 Å². The molecule has 0 aliphatic heterocycles. The molecule has 1 aliphatic rings. The van der Waals surface area contributed by atoms with Gasteiger partial charge in [0.2, 0.25) is 0 Å². The monoisotopic (exact) mass is 370 g/mol. The number of hydrogen-bond donors (Lipinski definition) is 0. The molecule has 0 amide bonds. The highest BCUT2D eigenvalue weighted by molar-refractivity contribution is 5.63. The van der Waals surface area contributed by atoms with E-state index in [-0.39, 0.29) is 12.2 Å². The average Bonchev–Trinajstić information content (AvgIpc) is 2.73. The van der Waals surface area contributed by atoms with E-state index in [1.807, 2.05) is 24.3 Å². The number of carbonyl (C=O) groups is 1. The minimum Gasteiger partial charge on any atom is -0.468 e. The highest BCUT2D eigenvalue weighted by Gasteiger charge is 2.35. The summed E-state index contributed by atoms with van der Waals surface area (Å²) in [5.41, 5.74) is 2.50. The summed E-state index contributed by atoms with van der Waals surface area (Å²) in [5.74, 6) is 1.29. The molecule has 1 saturated carbocycles. The molecule has 0 N–H and O–H groups in total. The number of benzene rings is 2. The molecule has 1 fully saturated rings. The molecule has 5 nitrogen and oxygen atoms in total. The second-order valence-corrected chi connectivity index (χ2v) is 6.80. The topological polar surface area (TPSA) is 54.0 Å². The molecule has 0 saturated heterocycles. The number of rotatable bonds is 6. The normalized spacial score (nSPS) is 15.8. The SMILES string of the molecule is COCOc1ccc(C2(c3ccc(OC(=O)OC)cc3)CCCCC2)cc1. The maximum absolute atomic E-state index is 11.3. The van der Waals surface area contributed by atoms with Crippen LogP contribution in [0.15, 0.2) is 48.5 Å². The van der Waals surface area contributed by atoms with Gasteiger partial charge in [0.15, 0.2) is 6.79 Å². The standard InChI is InChI=1S/C22H26O5/c1-24-16-26-19-10-6-17(7-11-19)22(14-4-3-5-15-22)18-8-12-20(13-9-18)27-21(23)25-2/h6-13H,3-5,14-16H2,1-2H3. The van der Waals surface area contributed by atoms with Gasteiger partial charge in [-0.15, -0.1) is 0 Å². The molecule has 0 bridgehead atoms. The van der Waals surface area contributed by atoms with Gasteiger partial charge in [0.05, 0.1) is 7.11 Å². The third-order valence-electron chi connectivity index (χ3n) is 5.23. The van der Waals surface area contributed by atoms with Crippen molar-refractivity contribution in [2.45, 2.75) is 37.5 Å². The number of carbonyl (C=O) groups excluding carboxylic acids is 1. The van der Waals surface area contributed by atoms with E-state index >= 15 is 0 Å². The number of hydrogen-bond acceptors (Lipinski definition) is 5. The van der Waals surface area contributed by atoms with Crippen molar-refractivity contribution in [1.82, 2.24) is 0 Å².